The Balaban J connectivity index is 2.05. The number of aromatic nitrogens is 3. The van der Waals surface area contributed by atoms with Crippen LogP contribution >= 0.6 is 11.8 Å². The van der Waals surface area contributed by atoms with Crippen molar-refractivity contribution in [2.75, 3.05) is 6.26 Å². The second-order valence-corrected chi connectivity index (χ2v) is 5.50. The number of aromatic amines is 1. The van der Waals surface area contributed by atoms with Gasteiger partial charge in [0, 0.05) is 17.8 Å². The molecular formula is C17H12N4O2S. The molecule has 1 N–H and O–H groups in total. The highest BCUT2D eigenvalue weighted by molar-refractivity contribution is 7.98. The molecular weight excluding hydrogens is 324 g/mol. The summed E-state index contributed by atoms with van der Waals surface area (Å²) in [7, 11) is 0. The monoisotopic (exact) mass is 336 g/mol. The standard InChI is InChI=1S/C17H12N4O2S/c1-24-17-20-15(13(10-18)16(22)21-17)11-5-4-6-12(9-11)23-14-7-2-3-8-19-14/h2-9H,1H3,(H,20,21,22). The fourth-order valence-electron chi connectivity index (χ4n) is 2.10. The minimum atomic E-state index is -0.456. The van der Waals surface area contributed by atoms with Crippen molar-refractivity contribution in [3.63, 3.8) is 0 Å². The van der Waals surface area contributed by atoms with Crippen LogP contribution in [0.2, 0.25) is 0 Å². The smallest absolute Gasteiger partial charge is 0.270 e. The number of nitrogens with one attached hydrogen (secondary N) is 1. The number of hydrogen-bond donors (Lipinski definition) is 1. The molecule has 3 rings (SSSR count). The van der Waals surface area contributed by atoms with Crippen LogP contribution in [0.4, 0.5) is 0 Å². The number of pyridine rings is 1. The summed E-state index contributed by atoms with van der Waals surface area (Å²) < 4.78 is 5.69. The van der Waals surface area contributed by atoms with E-state index in [9.17, 15) is 10.1 Å². The van der Waals surface area contributed by atoms with Crippen LogP contribution in [0.5, 0.6) is 11.6 Å². The topological polar surface area (TPSA) is 91.7 Å². The van der Waals surface area contributed by atoms with Crippen LogP contribution < -0.4 is 10.3 Å². The third kappa shape index (κ3) is 3.29. The first-order chi connectivity index (χ1) is 11.7. The Kier molecular flexibility index (Phi) is 4.59. The zero-order valence-electron chi connectivity index (χ0n) is 12.7. The fourth-order valence-corrected chi connectivity index (χ4v) is 2.47. The van der Waals surface area contributed by atoms with Crippen molar-refractivity contribution in [2.24, 2.45) is 0 Å². The van der Waals surface area contributed by atoms with E-state index >= 15 is 0 Å². The van der Waals surface area contributed by atoms with Gasteiger partial charge in [0.25, 0.3) is 5.56 Å². The van der Waals surface area contributed by atoms with E-state index in [2.05, 4.69) is 15.0 Å². The van der Waals surface area contributed by atoms with Crippen LogP contribution in [-0.2, 0) is 0 Å². The molecule has 0 saturated heterocycles. The number of thioether (sulfide) groups is 1. The highest BCUT2D eigenvalue weighted by Gasteiger charge is 2.14. The Bertz CT molecular complexity index is 964. The lowest BCUT2D eigenvalue weighted by atomic mass is 10.1. The molecule has 24 heavy (non-hydrogen) atoms. The Hall–Kier alpha value is -3.11. The summed E-state index contributed by atoms with van der Waals surface area (Å²) in [6, 6.07) is 14.3. The van der Waals surface area contributed by atoms with Gasteiger partial charge >= 0.3 is 0 Å². The lowest BCUT2D eigenvalue weighted by Gasteiger charge is -2.08. The van der Waals surface area contributed by atoms with Gasteiger partial charge in [0.1, 0.15) is 17.4 Å². The molecule has 7 heteroatoms. The Labute approximate surface area is 142 Å². The molecule has 3 aromatic rings. The molecule has 0 saturated carbocycles. The largest absolute Gasteiger partial charge is 0.439 e. The molecule has 0 atom stereocenters. The zero-order chi connectivity index (χ0) is 16.9. The van der Waals surface area contributed by atoms with Crippen molar-refractivity contribution in [3.8, 4) is 29.0 Å². The van der Waals surface area contributed by atoms with Gasteiger partial charge in [-0.25, -0.2) is 9.97 Å². The molecule has 0 bridgehead atoms. The molecule has 0 unspecified atom stereocenters. The lowest BCUT2D eigenvalue weighted by molar-refractivity contribution is 0.463. The molecule has 6 nitrogen and oxygen atoms in total. The van der Waals surface area contributed by atoms with E-state index in [-0.39, 0.29) is 5.56 Å². The van der Waals surface area contributed by atoms with Crippen molar-refractivity contribution in [2.45, 2.75) is 5.16 Å². The second-order valence-electron chi connectivity index (χ2n) is 4.71. The number of H-pyrrole nitrogens is 1. The first kappa shape index (κ1) is 15.8. The second kappa shape index (κ2) is 6.98. The first-order valence-electron chi connectivity index (χ1n) is 6.99. The van der Waals surface area contributed by atoms with Crippen molar-refractivity contribution in [1.29, 1.82) is 5.26 Å². The zero-order valence-corrected chi connectivity index (χ0v) is 13.5. The Morgan fingerprint density at radius 1 is 1.25 bits per heavy atom. The molecule has 0 aliphatic carbocycles. The molecule has 1 aromatic carbocycles. The van der Waals surface area contributed by atoms with Gasteiger partial charge in [-0.2, -0.15) is 5.26 Å². The van der Waals surface area contributed by atoms with Crippen LogP contribution in [-0.4, -0.2) is 21.2 Å². The molecule has 2 heterocycles. The van der Waals surface area contributed by atoms with Crippen molar-refractivity contribution >= 4 is 11.8 Å². The average molecular weight is 336 g/mol. The van der Waals surface area contributed by atoms with Gasteiger partial charge in [0.15, 0.2) is 5.16 Å². The lowest BCUT2D eigenvalue weighted by Crippen LogP contribution is -2.14. The summed E-state index contributed by atoms with van der Waals surface area (Å²) in [5.41, 5.74) is 0.476. The third-order valence-corrected chi connectivity index (χ3v) is 3.75. The predicted octanol–water partition coefficient (Wildman–Crippen LogP) is 3.22. The quantitative estimate of drug-likeness (QED) is 0.581. The molecule has 118 valence electrons. The number of nitriles is 1. The van der Waals surface area contributed by atoms with E-state index in [1.807, 2.05) is 12.1 Å². The third-order valence-electron chi connectivity index (χ3n) is 3.17. The molecule has 0 fully saturated rings. The maximum atomic E-state index is 12.0. The summed E-state index contributed by atoms with van der Waals surface area (Å²) in [5.74, 6) is 1.00. The van der Waals surface area contributed by atoms with E-state index in [0.29, 0.717) is 28.0 Å². The van der Waals surface area contributed by atoms with Crippen LogP contribution in [0.3, 0.4) is 0 Å². The molecule has 0 aliphatic rings. The molecule has 0 amide bonds. The maximum absolute atomic E-state index is 12.0. The average Bonchev–Trinajstić information content (AvgIpc) is 2.62. The van der Waals surface area contributed by atoms with Gasteiger partial charge in [-0.05, 0) is 24.5 Å². The molecule has 0 radical (unpaired) electrons. The number of ether oxygens (including phenoxy) is 1. The van der Waals surface area contributed by atoms with Crippen LogP contribution in [0, 0.1) is 11.3 Å². The van der Waals surface area contributed by atoms with Crippen LogP contribution in [0.25, 0.3) is 11.3 Å². The highest BCUT2D eigenvalue weighted by Crippen LogP contribution is 2.27. The number of hydrogen-bond acceptors (Lipinski definition) is 6. The first-order valence-corrected chi connectivity index (χ1v) is 8.21. The number of benzene rings is 1. The minimum Gasteiger partial charge on any atom is -0.439 e. The van der Waals surface area contributed by atoms with E-state index in [4.69, 9.17) is 4.74 Å². The molecule has 0 spiro atoms. The van der Waals surface area contributed by atoms with E-state index in [1.165, 1.54) is 11.8 Å². The van der Waals surface area contributed by atoms with Gasteiger partial charge in [0.05, 0.1) is 5.69 Å². The highest BCUT2D eigenvalue weighted by atomic mass is 32.2. The van der Waals surface area contributed by atoms with Crippen molar-refractivity contribution < 1.29 is 4.74 Å². The van der Waals surface area contributed by atoms with E-state index in [0.717, 1.165) is 0 Å². The SMILES string of the molecule is CSc1nc(-c2cccc(Oc3ccccn3)c2)c(C#N)c(=O)[nH]1. The van der Waals surface area contributed by atoms with Gasteiger partial charge < -0.3 is 9.72 Å². The summed E-state index contributed by atoms with van der Waals surface area (Å²) in [5, 5.41) is 9.72. The van der Waals surface area contributed by atoms with Crippen LogP contribution in [0.1, 0.15) is 5.56 Å². The normalized spacial score (nSPS) is 10.2. The molecule has 2 aromatic heterocycles. The van der Waals surface area contributed by atoms with Gasteiger partial charge in [-0.3, -0.25) is 4.79 Å². The summed E-state index contributed by atoms with van der Waals surface area (Å²) in [6.07, 6.45) is 3.44. The van der Waals surface area contributed by atoms with Gasteiger partial charge in [0.2, 0.25) is 5.88 Å². The fraction of sp³-hybridized carbons (Fsp3) is 0.0588. The Morgan fingerprint density at radius 2 is 2.12 bits per heavy atom. The van der Waals surface area contributed by atoms with E-state index in [1.54, 1.807) is 48.9 Å². The van der Waals surface area contributed by atoms with E-state index < -0.39 is 5.56 Å². The summed E-state index contributed by atoms with van der Waals surface area (Å²) in [4.78, 5) is 23.1. The van der Waals surface area contributed by atoms with Crippen molar-refractivity contribution in [3.05, 3.63) is 64.6 Å². The summed E-state index contributed by atoms with van der Waals surface area (Å²) in [6.45, 7) is 0. The molecule has 0 aliphatic heterocycles. The van der Waals surface area contributed by atoms with Crippen molar-refractivity contribution in [1.82, 2.24) is 15.0 Å². The number of rotatable bonds is 4. The Morgan fingerprint density at radius 3 is 2.83 bits per heavy atom. The van der Waals surface area contributed by atoms with Crippen LogP contribution in [0.15, 0.2) is 58.6 Å². The maximum Gasteiger partial charge on any atom is 0.270 e. The minimum absolute atomic E-state index is 0.0252. The predicted molar refractivity (Wildman–Crippen MR) is 91.1 cm³/mol. The van der Waals surface area contributed by atoms with Gasteiger partial charge in [-0.1, -0.05) is 30.0 Å². The number of nitrogens with zero attached hydrogens (tertiary/aromatic N) is 3. The summed E-state index contributed by atoms with van der Waals surface area (Å²) >= 11 is 1.30. The van der Waals surface area contributed by atoms with Gasteiger partial charge in [-0.15, -0.1) is 0 Å².